The molecule has 2 fully saturated rings. The molecular formula is C19H29N3O3S. The topological polar surface area (TPSA) is 92.5 Å². The molecule has 3 N–H and O–H groups in total. The third kappa shape index (κ3) is 5.05. The Kier molecular flexibility index (Phi) is 6.32. The average molecular weight is 380 g/mol. The summed E-state index contributed by atoms with van der Waals surface area (Å²) in [7, 11) is -3.41. The Morgan fingerprint density at radius 3 is 2.50 bits per heavy atom. The molecule has 0 spiro atoms. The Bertz CT molecular complexity index is 700. The van der Waals surface area contributed by atoms with Gasteiger partial charge in [0.15, 0.2) is 0 Å². The quantitative estimate of drug-likeness (QED) is 0.813. The van der Waals surface area contributed by atoms with E-state index in [1.54, 1.807) is 0 Å². The van der Waals surface area contributed by atoms with E-state index in [4.69, 9.17) is 5.73 Å². The third-order valence-corrected chi connectivity index (χ3v) is 7.27. The van der Waals surface area contributed by atoms with Crippen molar-refractivity contribution in [2.75, 3.05) is 13.1 Å². The van der Waals surface area contributed by atoms with Gasteiger partial charge in [0.25, 0.3) is 0 Å². The predicted molar refractivity (Wildman–Crippen MR) is 102 cm³/mol. The maximum absolute atomic E-state index is 12.7. The van der Waals surface area contributed by atoms with E-state index in [0.29, 0.717) is 6.54 Å². The first-order valence-corrected chi connectivity index (χ1v) is 11.1. The van der Waals surface area contributed by atoms with Gasteiger partial charge in [-0.25, -0.2) is 12.7 Å². The van der Waals surface area contributed by atoms with Crippen molar-refractivity contribution >= 4 is 15.9 Å². The number of hydrogen-bond acceptors (Lipinski definition) is 4. The first-order chi connectivity index (χ1) is 12.4. The summed E-state index contributed by atoms with van der Waals surface area (Å²) >= 11 is 0. The van der Waals surface area contributed by atoms with Crippen LogP contribution in [0, 0.1) is 5.92 Å². The minimum atomic E-state index is -3.41. The van der Waals surface area contributed by atoms with Crippen molar-refractivity contribution < 1.29 is 13.2 Å². The zero-order chi connectivity index (χ0) is 18.6. The minimum absolute atomic E-state index is 0.00918. The van der Waals surface area contributed by atoms with Crippen LogP contribution < -0.4 is 11.1 Å². The van der Waals surface area contributed by atoms with Crippen molar-refractivity contribution in [3.8, 4) is 0 Å². The second-order valence-corrected chi connectivity index (χ2v) is 9.53. The minimum Gasteiger partial charge on any atom is -0.353 e. The van der Waals surface area contributed by atoms with E-state index in [-0.39, 0.29) is 36.2 Å². The number of benzene rings is 1. The van der Waals surface area contributed by atoms with Crippen LogP contribution in [-0.4, -0.2) is 43.8 Å². The van der Waals surface area contributed by atoms with Gasteiger partial charge in [0.1, 0.15) is 0 Å². The maximum Gasteiger partial charge on any atom is 0.224 e. The molecule has 26 heavy (non-hydrogen) atoms. The van der Waals surface area contributed by atoms with E-state index < -0.39 is 10.0 Å². The molecule has 1 saturated heterocycles. The molecule has 1 unspecified atom stereocenters. The van der Waals surface area contributed by atoms with Crippen LogP contribution in [0.4, 0.5) is 0 Å². The monoisotopic (exact) mass is 379 g/mol. The number of nitrogens with zero attached hydrogens (tertiary/aromatic N) is 1. The Hall–Kier alpha value is -1.44. The lowest BCUT2D eigenvalue weighted by Gasteiger charge is -2.33. The van der Waals surface area contributed by atoms with E-state index in [0.717, 1.165) is 44.1 Å². The number of nitrogens with two attached hydrogens (primary N) is 1. The molecule has 6 nitrogen and oxygen atoms in total. The molecule has 0 aromatic heterocycles. The second-order valence-electron chi connectivity index (χ2n) is 7.56. The van der Waals surface area contributed by atoms with Crippen LogP contribution in [0.1, 0.15) is 44.1 Å². The summed E-state index contributed by atoms with van der Waals surface area (Å²) < 4.78 is 26.9. The molecule has 0 bridgehead atoms. The lowest BCUT2D eigenvalue weighted by molar-refractivity contribution is -0.127. The highest BCUT2D eigenvalue weighted by atomic mass is 32.2. The van der Waals surface area contributed by atoms with Crippen molar-refractivity contribution in [2.24, 2.45) is 11.7 Å². The molecule has 1 heterocycles. The van der Waals surface area contributed by atoms with E-state index in [9.17, 15) is 13.2 Å². The molecule has 1 aliphatic heterocycles. The number of piperidine rings is 1. The van der Waals surface area contributed by atoms with Gasteiger partial charge in [-0.05, 0) is 44.1 Å². The maximum atomic E-state index is 12.7. The molecule has 7 heteroatoms. The fourth-order valence-corrected chi connectivity index (χ4v) is 5.48. The number of nitrogens with one attached hydrogen (secondary N) is 1. The Balaban J connectivity index is 1.57. The van der Waals surface area contributed by atoms with Crippen LogP contribution in [0.2, 0.25) is 0 Å². The summed E-state index contributed by atoms with van der Waals surface area (Å²) in [5.74, 6) is -0.280. The molecule has 1 amide bonds. The zero-order valence-corrected chi connectivity index (χ0v) is 16.0. The van der Waals surface area contributed by atoms with Gasteiger partial charge in [-0.1, -0.05) is 30.3 Å². The molecule has 0 radical (unpaired) electrons. The Morgan fingerprint density at radius 2 is 1.81 bits per heavy atom. The van der Waals surface area contributed by atoms with Crippen molar-refractivity contribution in [3.63, 3.8) is 0 Å². The molecule has 3 rings (SSSR count). The van der Waals surface area contributed by atoms with Crippen LogP contribution in [0.3, 0.4) is 0 Å². The van der Waals surface area contributed by atoms with Gasteiger partial charge in [-0.15, -0.1) is 0 Å². The van der Waals surface area contributed by atoms with Crippen molar-refractivity contribution in [3.05, 3.63) is 35.9 Å². The highest BCUT2D eigenvalue weighted by Crippen LogP contribution is 2.23. The standard InChI is InChI=1S/C19H29N3O3S/c20-17-8-10-18(11-9-17)21-19(23)16-7-4-12-22(13-16)26(24,25)14-15-5-2-1-3-6-15/h1-3,5-6,16-18H,4,7-14,20H2,(H,21,23). The molecule has 1 aromatic rings. The SMILES string of the molecule is NC1CCC(NC(=O)C2CCCN(S(=O)(=O)Cc3ccccc3)C2)CC1. The van der Waals surface area contributed by atoms with Gasteiger partial charge in [0.05, 0.1) is 11.7 Å². The lowest BCUT2D eigenvalue weighted by atomic mass is 9.91. The summed E-state index contributed by atoms with van der Waals surface area (Å²) in [4.78, 5) is 12.6. The third-order valence-electron chi connectivity index (χ3n) is 5.46. The summed E-state index contributed by atoms with van der Waals surface area (Å²) in [6.45, 7) is 0.782. The smallest absolute Gasteiger partial charge is 0.224 e. The van der Waals surface area contributed by atoms with Crippen LogP contribution in [0.15, 0.2) is 30.3 Å². The van der Waals surface area contributed by atoms with Crippen LogP contribution >= 0.6 is 0 Å². The lowest BCUT2D eigenvalue weighted by Crippen LogP contribution is -2.48. The Morgan fingerprint density at radius 1 is 1.12 bits per heavy atom. The largest absolute Gasteiger partial charge is 0.353 e. The predicted octanol–water partition coefficient (Wildman–Crippen LogP) is 1.61. The number of carbonyl (C=O) groups excluding carboxylic acids is 1. The van der Waals surface area contributed by atoms with Gasteiger partial charge in [-0.2, -0.15) is 0 Å². The molecule has 1 aromatic carbocycles. The molecule has 1 aliphatic carbocycles. The normalized spacial score (nSPS) is 27.8. The van der Waals surface area contributed by atoms with Crippen molar-refractivity contribution in [1.82, 2.24) is 9.62 Å². The summed E-state index contributed by atoms with van der Waals surface area (Å²) in [5, 5.41) is 3.11. The molecule has 1 saturated carbocycles. The molecule has 144 valence electrons. The van der Waals surface area contributed by atoms with Crippen LogP contribution in [-0.2, 0) is 20.6 Å². The van der Waals surface area contributed by atoms with Crippen LogP contribution in [0.25, 0.3) is 0 Å². The number of sulfonamides is 1. The highest BCUT2D eigenvalue weighted by Gasteiger charge is 2.33. The summed E-state index contributed by atoms with van der Waals surface area (Å²) in [5.41, 5.74) is 6.69. The van der Waals surface area contributed by atoms with Gasteiger partial charge in [0.2, 0.25) is 15.9 Å². The van der Waals surface area contributed by atoms with Gasteiger partial charge >= 0.3 is 0 Å². The average Bonchev–Trinajstić information content (AvgIpc) is 2.64. The van der Waals surface area contributed by atoms with Crippen molar-refractivity contribution in [1.29, 1.82) is 0 Å². The van der Waals surface area contributed by atoms with E-state index >= 15 is 0 Å². The second kappa shape index (κ2) is 8.50. The summed E-state index contributed by atoms with van der Waals surface area (Å²) in [6, 6.07) is 9.62. The molecule has 2 aliphatic rings. The van der Waals surface area contributed by atoms with Gasteiger partial charge < -0.3 is 11.1 Å². The number of carbonyl (C=O) groups is 1. The van der Waals surface area contributed by atoms with Crippen LogP contribution in [0.5, 0.6) is 0 Å². The Labute approximate surface area is 156 Å². The first kappa shape index (κ1) is 19.3. The van der Waals surface area contributed by atoms with Crippen molar-refractivity contribution in [2.45, 2.75) is 56.4 Å². The first-order valence-electron chi connectivity index (χ1n) is 9.52. The fraction of sp³-hybridized carbons (Fsp3) is 0.632. The van der Waals surface area contributed by atoms with E-state index in [1.165, 1.54) is 4.31 Å². The van der Waals surface area contributed by atoms with Gasteiger partial charge in [-0.3, -0.25) is 4.79 Å². The van der Waals surface area contributed by atoms with E-state index in [1.807, 2.05) is 30.3 Å². The fourth-order valence-electron chi connectivity index (χ4n) is 3.87. The zero-order valence-electron chi connectivity index (χ0n) is 15.1. The molecule has 1 atom stereocenters. The molecular weight excluding hydrogens is 350 g/mol. The van der Waals surface area contributed by atoms with E-state index in [2.05, 4.69) is 5.32 Å². The summed E-state index contributed by atoms with van der Waals surface area (Å²) in [6.07, 6.45) is 5.17. The number of hydrogen-bond donors (Lipinski definition) is 2. The number of amides is 1. The highest BCUT2D eigenvalue weighted by molar-refractivity contribution is 7.88. The van der Waals surface area contributed by atoms with Gasteiger partial charge in [0, 0.05) is 25.2 Å². The number of rotatable bonds is 5.